The van der Waals surface area contributed by atoms with Crippen molar-refractivity contribution < 1.29 is 4.79 Å². The fourth-order valence-electron chi connectivity index (χ4n) is 1.28. The summed E-state index contributed by atoms with van der Waals surface area (Å²) in [6, 6.07) is 10.8. The summed E-state index contributed by atoms with van der Waals surface area (Å²) < 4.78 is 0. The highest BCUT2D eigenvalue weighted by Gasteiger charge is 2.09. The van der Waals surface area contributed by atoms with E-state index in [2.05, 4.69) is 10.2 Å². The van der Waals surface area contributed by atoms with Crippen molar-refractivity contribution in [2.45, 2.75) is 6.92 Å². The van der Waals surface area contributed by atoms with Crippen LogP contribution in [-0.4, -0.2) is 16.0 Å². The van der Waals surface area contributed by atoms with E-state index in [1.54, 1.807) is 30.5 Å². The summed E-state index contributed by atoms with van der Waals surface area (Å²) in [5.41, 5.74) is 2.15. The topological polar surface area (TPSA) is 42.9 Å². The van der Waals surface area contributed by atoms with Gasteiger partial charge >= 0.3 is 0 Å². The van der Waals surface area contributed by atoms with Crippen LogP contribution in [0.1, 0.15) is 21.6 Å². The molecule has 1 aromatic carbocycles. The minimum absolute atomic E-state index is 0.0944. The van der Waals surface area contributed by atoms with Crippen LogP contribution in [0.25, 0.3) is 0 Å². The van der Waals surface area contributed by atoms with E-state index in [-0.39, 0.29) is 5.78 Å². The van der Waals surface area contributed by atoms with Gasteiger partial charge in [0.15, 0.2) is 0 Å². The van der Waals surface area contributed by atoms with E-state index in [9.17, 15) is 4.79 Å². The highest BCUT2D eigenvalue weighted by atomic mass is 16.1. The van der Waals surface area contributed by atoms with Crippen molar-refractivity contribution in [2.24, 2.45) is 0 Å². The van der Waals surface area contributed by atoms with Crippen LogP contribution in [0.5, 0.6) is 0 Å². The lowest BCUT2D eigenvalue weighted by Crippen LogP contribution is -2.04. The molecule has 1 aromatic heterocycles. The molecular weight excluding hydrogens is 188 g/mol. The highest BCUT2D eigenvalue weighted by molar-refractivity contribution is 6.07. The summed E-state index contributed by atoms with van der Waals surface area (Å²) in [7, 11) is 0. The Labute approximate surface area is 87.8 Å². The number of hydrogen-bond acceptors (Lipinski definition) is 3. The SMILES string of the molecule is Cc1ccc(C(=O)c2cccnn2)cc1. The molecule has 0 aliphatic heterocycles. The fourth-order valence-corrected chi connectivity index (χ4v) is 1.28. The molecule has 15 heavy (non-hydrogen) atoms. The standard InChI is InChI=1S/C12H10N2O/c1-9-4-6-10(7-5-9)12(15)11-3-2-8-13-14-11/h2-8H,1H3. The first-order valence-electron chi connectivity index (χ1n) is 4.66. The molecule has 0 saturated carbocycles. The van der Waals surface area contributed by atoms with E-state index in [0.29, 0.717) is 11.3 Å². The van der Waals surface area contributed by atoms with Gasteiger partial charge in [0, 0.05) is 11.8 Å². The quantitative estimate of drug-likeness (QED) is 0.693. The minimum atomic E-state index is -0.0944. The van der Waals surface area contributed by atoms with E-state index in [1.165, 1.54) is 0 Å². The predicted molar refractivity (Wildman–Crippen MR) is 56.6 cm³/mol. The molecule has 0 radical (unpaired) electrons. The zero-order valence-electron chi connectivity index (χ0n) is 8.34. The van der Waals surface area contributed by atoms with Crippen molar-refractivity contribution in [3.63, 3.8) is 0 Å². The Bertz CT molecular complexity index is 463. The number of ketones is 1. The average molecular weight is 198 g/mol. The zero-order valence-corrected chi connectivity index (χ0v) is 8.34. The smallest absolute Gasteiger partial charge is 0.213 e. The van der Waals surface area contributed by atoms with Gasteiger partial charge in [0.25, 0.3) is 0 Å². The first-order chi connectivity index (χ1) is 7.27. The molecule has 0 aliphatic carbocycles. The van der Waals surface area contributed by atoms with Gasteiger partial charge in [-0.05, 0) is 19.1 Å². The van der Waals surface area contributed by atoms with Crippen molar-refractivity contribution >= 4 is 5.78 Å². The molecule has 2 rings (SSSR count). The lowest BCUT2D eigenvalue weighted by atomic mass is 10.1. The van der Waals surface area contributed by atoms with Crippen molar-refractivity contribution in [3.05, 3.63) is 59.4 Å². The third-order valence-electron chi connectivity index (χ3n) is 2.12. The Kier molecular flexibility index (Phi) is 2.54. The summed E-state index contributed by atoms with van der Waals surface area (Å²) in [6.07, 6.45) is 1.55. The Morgan fingerprint density at radius 3 is 2.47 bits per heavy atom. The second-order valence-corrected chi connectivity index (χ2v) is 3.30. The highest BCUT2D eigenvalue weighted by Crippen LogP contribution is 2.08. The van der Waals surface area contributed by atoms with Gasteiger partial charge in [-0.2, -0.15) is 5.10 Å². The molecule has 3 heteroatoms. The maximum Gasteiger partial charge on any atom is 0.213 e. The van der Waals surface area contributed by atoms with E-state index in [0.717, 1.165) is 5.56 Å². The molecule has 3 nitrogen and oxygen atoms in total. The molecule has 2 aromatic rings. The van der Waals surface area contributed by atoms with Crippen LogP contribution >= 0.6 is 0 Å². The summed E-state index contributed by atoms with van der Waals surface area (Å²) in [5.74, 6) is -0.0944. The molecule has 1 heterocycles. The van der Waals surface area contributed by atoms with Crippen molar-refractivity contribution in [2.75, 3.05) is 0 Å². The van der Waals surface area contributed by atoms with Gasteiger partial charge in [0.2, 0.25) is 5.78 Å². The van der Waals surface area contributed by atoms with Crippen molar-refractivity contribution in [1.29, 1.82) is 0 Å². The summed E-state index contributed by atoms with van der Waals surface area (Å²) in [5, 5.41) is 7.46. The largest absolute Gasteiger partial charge is 0.287 e. The van der Waals surface area contributed by atoms with E-state index < -0.39 is 0 Å². The molecule has 74 valence electrons. The second-order valence-electron chi connectivity index (χ2n) is 3.30. The number of aromatic nitrogens is 2. The summed E-state index contributed by atoms with van der Waals surface area (Å²) in [6.45, 7) is 1.98. The van der Waals surface area contributed by atoms with Gasteiger partial charge in [0.1, 0.15) is 5.69 Å². The van der Waals surface area contributed by atoms with Crippen LogP contribution < -0.4 is 0 Å². The number of benzene rings is 1. The number of hydrogen-bond donors (Lipinski definition) is 0. The Morgan fingerprint density at radius 1 is 1.13 bits per heavy atom. The van der Waals surface area contributed by atoms with E-state index in [4.69, 9.17) is 0 Å². The van der Waals surface area contributed by atoms with Crippen LogP contribution in [-0.2, 0) is 0 Å². The maximum absolute atomic E-state index is 11.9. The van der Waals surface area contributed by atoms with Crippen molar-refractivity contribution in [1.82, 2.24) is 10.2 Å². The Balaban J connectivity index is 2.33. The monoisotopic (exact) mass is 198 g/mol. The Hall–Kier alpha value is -2.03. The molecular formula is C12H10N2O. The van der Waals surface area contributed by atoms with Gasteiger partial charge < -0.3 is 0 Å². The average Bonchev–Trinajstić information content (AvgIpc) is 2.30. The number of carbonyl (C=O) groups is 1. The molecule has 0 saturated heterocycles. The molecule has 0 amide bonds. The van der Waals surface area contributed by atoms with Crippen LogP contribution in [0.3, 0.4) is 0 Å². The normalized spacial score (nSPS) is 9.93. The van der Waals surface area contributed by atoms with Crippen molar-refractivity contribution in [3.8, 4) is 0 Å². The molecule has 0 N–H and O–H groups in total. The summed E-state index contributed by atoms with van der Waals surface area (Å²) in [4.78, 5) is 11.9. The third kappa shape index (κ3) is 2.07. The molecule has 0 unspecified atom stereocenters. The zero-order chi connectivity index (χ0) is 10.7. The van der Waals surface area contributed by atoms with Crippen LogP contribution in [0.2, 0.25) is 0 Å². The lowest BCUT2D eigenvalue weighted by molar-refractivity contribution is 0.103. The first kappa shape index (κ1) is 9.52. The van der Waals surface area contributed by atoms with Gasteiger partial charge in [-0.1, -0.05) is 29.8 Å². The summed E-state index contributed by atoms with van der Waals surface area (Å²) >= 11 is 0. The minimum Gasteiger partial charge on any atom is -0.287 e. The van der Waals surface area contributed by atoms with Crippen LogP contribution in [0.4, 0.5) is 0 Å². The van der Waals surface area contributed by atoms with E-state index in [1.807, 2.05) is 19.1 Å². The van der Waals surface area contributed by atoms with Crippen LogP contribution in [0.15, 0.2) is 42.6 Å². The lowest BCUT2D eigenvalue weighted by Gasteiger charge is -1.99. The maximum atomic E-state index is 11.9. The number of rotatable bonds is 2. The van der Waals surface area contributed by atoms with E-state index >= 15 is 0 Å². The van der Waals surface area contributed by atoms with Gasteiger partial charge in [0.05, 0.1) is 0 Å². The van der Waals surface area contributed by atoms with Crippen LogP contribution in [0, 0.1) is 6.92 Å². The Morgan fingerprint density at radius 2 is 1.87 bits per heavy atom. The van der Waals surface area contributed by atoms with Gasteiger partial charge in [-0.25, -0.2) is 0 Å². The third-order valence-corrected chi connectivity index (χ3v) is 2.12. The molecule has 0 bridgehead atoms. The molecule has 0 atom stereocenters. The number of aryl methyl sites for hydroxylation is 1. The number of carbonyl (C=O) groups excluding carboxylic acids is 1. The second kappa shape index (κ2) is 4.00. The molecule has 0 aliphatic rings. The number of nitrogens with zero attached hydrogens (tertiary/aromatic N) is 2. The predicted octanol–water partition coefficient (Wildman–Crippen LogP) is 2.02. The molecule has 0 spiro atoms. The van der Waals surface area contributed by atoms with Gasteiger partial charge in [-0.15, -0.1) is 5.10 Å². The van der Waals surface area contributed by atoms with Gasteiger partial charge in [-0.3, -0.25) is 4.79 Å². The molecule has 0 fully saturated rings. The first-order valence-corrected chi connectivity index (χ1v) is 4.66. The fraction of sp³-hybridized carbons (Fsp3) is 0.0833.